The van der Waals surface area contributed by atoms with Crippen LogP contribution in [0.1, 0.15) is 31.1 Å². The molecule has 0 unspecified atom stereocenters. The Morgan fingerprint density at radius 2 is 1.74 bits per heavy atom. The van der Waals surface area contributed by atoms with Crippen LogP contribution in [0.3, 0.4) is 0 Å². The summed E-state index contributed by atoms with van der Waals surface area (Å²) in [7, 11) is 1.11. The number of carbonyl (C=O) groups is 1. The quantitative estimate of drug-likeness (QED) is 0.603. The third-order valence-corrected chi connectivity index (χ3v) is 3.97. The van der Waals surface area contributed by atoms with Crippen LogP contribution in [0.25, 0.3) is 0 Å². The third-order valence-electron chi connectivity index (χ3n) is 1.89. The van der Waals surface area contributed by atoms with Gasteiger partial charge in [0.1, 0.15) is 10.5 Å². The van der Waals surface area contributed by atoms with Gasteiger partial charge in [0.15, 0.2) is 0 Å². The molecule has 0 spiro atoms. The molecule has 0 amide bonds. The summed E-state index contributed by atoms with van der Waals surface area (Å²) in [4.78, 5) is 11.5. The molecule has 0 atom stereocenters. The molecular formula is C11H11Cl3O4S. The molecule has 0 fully saturated rings. The van der Waals surface area contributed by atoms with E-state index in [4.69, 9.17) is 38.6 Å². The molecule has 1 rings (SSSR count). The van der Waals surface area contributed by atoms with Gasteiger partial charge >= 0.3 is 5.97 Å². The molecule has 1 aromatic carbocycles. The average molecular weight is 346 g/mol. The normalized spacial score (nSPS) is 12.3. The second-order valence-electron chi connectivity index (χ2n) is 4.71. The fraction of sp³-hybridized carbons (Fsp3) is 0.364. The topological polar surface area (TPSA) is 60.4 Å². The summed E-state index contributed by atoms with van der Waals surface area (Å²) in [6.07, 6.45) is 0. The number of hydrogen-bond acceptors (Lipinski definition) is 4. The minimum Gasteiger partial charge on any atom is -0.456 e. The molecule has 1 aromatic rings. The SMILES string of the molecule is CC(C)(C)OC(=O)c1cc(Cl)cc(S(=O)(=O)Cl)c1Cl. The Bertz CT molecular complexity index is 618. The highest BCUT2D eigenvalue weighted by Crippen LogP contribution is 2.32. The smallest absolute Gasteiger partial charge is 0.340 e. The van der Waals surface area contributed by atoms with E-state index in [9.17, 15) is 13.2 Å². The van der Waals surface area contributed by atoms with E-state index in [1.54, 1.807) is 20.8 Å². The first-order chi connectivity index (χ1) is 8.42. The molecule has 0 radical (unpaired) electrons. The molecule has 0 saturated heterocycles. The van der Waals surface area contributed by atoms with Crippen LogP contribution in [0.4, 0.5) is 0 Å². The molecular weight excluding hydrogens is 335 g/mol. The first kappa shape index (κ1) is 16.6. The van der Waals surface area contributed by atoms with E-state index >= 15 is 0 Å². The van der Waals surface area contributed by atoms with Gasteiger partial charge in [0.05, 0.1) is 10.6 Å². The zero-order valence-electron chi connectivity index (χ0n) is 10.3. The van der Waals surface area contributed by atoms with Crippen molar-refractivity contribution in [3.63, 3.8) is 0 Å². The number of ether oxygens (including phenoxy) is 1. The lowest BCUT2D eigenvalue weighted by Gasteiger charge is -2.20. The van der Waals surface area contributed by atoms with Gasteiger partial charge in [-0.05, 0) is 32.9 Å². The summed E-state index contributed by atoms with van der Waals surface area (Å²) < 4.78 is 27.8. The van der Waals surface area contributed by atoms with Crippen molar-refractivity contribution in [2.75, 3.05) is 0 Å². The molecule has 19 heavy (non-hydrogen) atoms. The van der Waals surface area contributed by atoms with Crippen molar-refractivity contribution in [1.29, 1.82) is 0 Å². The maximum absolute atomic E-state index is 11.9. The largest absolute Gasteiger partial charge is 0.456 e. The lowest BCUT2D eigenvalue weighted by molar-refractivity contribution is 0.00695. The van der Waals surface area contributed by atoms with Crippen LogP contribution in [0, 0.1) is 0 Å². The monoisotopic (exact) mass is 344 g/mol. The van der Waals surface area contributed by atoms with Crippen molar-refractivity contribution < 1.29 is 17.9 Å². The Hall–Kier alpha value is -0.490. The number of rotatable bonds is 2. The van der Waals surface area contributed by atoms with Gasteiger partial charge in [0.2, 0.25) is 0 Å². The Morgan fingerprint density at radius 3 is 2.16 bits per heavy atom. The Morgan fingerprint density at radius 1 is 1.21 bits per heavy atom. The number of benzene rings is 1. The second kappa shape index (κ2) is 5.48. The van der Waals surface area contributed by atoms with E-state index in [-0.39, 0.29) is 15.6 Å². The number of halogens is 3. The summed E-state index contributed by atoms with van der Waals surface area (Å²) in [5, 5.41) is -0.293. The van der Waals surface area contributed by atoms with Gasteiger partial charge < -0.3 is 4.74 Å². The van der Waals surface area contributed by atoms with Crippen molar-refractivity contribution in [3.8, 4) is 0 Å². The van der Waals surface area contributed by atoms with E-state index in [1.165, 1.54) is 6.07 Å². The highest BCUT2D eigenvalue weighted by atomic mass is 35.7. The van der Waals surface area contributed by atoms with Crippen molar-refractivity contribution in [2.24, 2.45) is 0 Å². The molecule has 0 N–H and O–H groups in total. The Labute approximate surface area is 126 Å². The van der Waals surface area contributed by atoms with E-state index in [1.807, 2.05) is 0 Å². The van der Waals surface area contributed by atoms with Gasteiger partial charge in [0, 0.05) is 15.7 Å². The minimum absolute atomic E-state index is 0.0180. The highest BCUT2D eigenvalue weighted by molar-refractivity contribution is 8.13. The van der Waals surface area contributed by atoms with Gasteiger partial charge in [-0.2, -0.15) is 0 Å². The summed E-state index contributed by atoms with van der Waals surface area (Å²) in [5.74, 6) is -0.776. The van der Waals surface area contributed by atoms with Crippen LogP contribution in [0.15, 0.2) is 17.0 Å². The van der Waals surface area contributed by atoms with Crippen LogP contribution in [0.2, 0.25) is 10.0 Å². The average Bonchev–Trinajstić information content (AvgIpc) is 2.16. The van der Waals surface area contributed by atoms with E-state index in [0.717, 1.165) is 6.07 Å². The van der Waals surface area contributed by atoms with Gasteiger partial charge in [-0.15, -0.1) is 0 Å². The predicted molar refractivity (Wildman–Crippen MR) is 74.7 cm³/mol. The molecule has 4 nitrogen and oxygen atoms in total. The molecule has 0 aromatic heterocycles. The third kappa shape index (κ3) is 4.53. The molecule has 0 saturated carbocycles. The summed E-state index contributed by atoms with van der Waals surface area (Å²) in [6, 6.07) is 2.30. The van der Waals surface area contributed by atoms with Crippen LogP contribution in [0.5, 0.6) is 0 Å². The van der Waals surface area contributed by atoms with E-state index < -0.39 is 25.5 Å². The van der Waals surface area contributed by atoms with Gasteiger partial charge in [-0.25, -0.2) is 13.2 Å². The first-order valence-electron chi connectivity index (χ1n) is 5.09. The molecule has 106 valence electrons. The maximum Gasteiger partial charge on any atom is 0.340 e. The fourth-order valence-electron chi connectivity index (χ4n) is 1.22. The van der Waals surface area contributed by atoms with Crippen molar-refractivity contribution in [1.82, 2.24) is 0 Å². The van der Waals surface area contributed by atoms with Crippen LogP contribution in [-0.2, 0) is 13.8 Å². The summed E-state index contributed by atoms with van der Waals surface area (Å²) in [6.45, 7) is 5.01. The maximum atomic E-state index is 11.9. The van der Waals surface area contributed by atoms with Gasteiger partial charge in [0.25, 0.3) is 9.05 Å². The lowest BCUT2D eigenvalue weighted by atomic mass is 10.1. The first-order valence-corrected chi connectivity index (χ1v) is 8.15. The van der Waals surface area contributed by atoms with Crippen LogP contribution >= 0.6 is 33.9 Å². The predicted octanol–water partition coefficient (Wildman–Crippen LogP) is 3.88. The van der Waals surface area contributed by atoms with Crippen molar-refractivity contribution >= 4 is 48.9 Å². The Kier molecular flexibility index (Phi) is 4.78. The fourth-order valence-corrected chi connectivity index (χ4v) is 3.07. The lowest BCUT2D eigenvalue weighted by Crippen LogP contribution is -2.24. The minimum atomic E-state index is -4.11. The van der Waals surface area contributed by atoms with Crippen molar-refractivity contribution in [2.45, 2.75) is 31.3 Å². The molecule has 8 heteroatoms. The standard InChI is InChI=1S/C11H11Cl3O4S/c1-11(2,3)18-10(15)7-4-6(12)5-8(9(7)13)19(14,16)17/h4-5H,1-3H3. The molecule has 0 aliphatic heterocycles. The summed E-state index contributed by atoms with van der Waals surface area (Å²) >= 11 is 11.6. The molecule has 0 aliphatic rings. The zero-order valence-corrected chi connectivity index (χ0v) is 13.4. The zero-order chi connectivity index (χ0) is 15.0. The summed E-state index contributed by atoms with van der Waals surface area (Å²) in [5.41, 5.74) is -0.897. The van der Waals surface area contributed by atoms with Crippen LogP contribution in [-0.4, -0.2) is 20.0 Å². The van der Waals surface area contributed by atoms with Crippen molar-refractivity contribution in [3.05, 3.63) is 27.7 Å². The Balaban J connectivity index is 3.38. The van der Waals surface area contributed by atoms with E-state index in [2.05, 4.69) is 0 Å². The number of carbonyl (C=O) groups excluding carboxylic acids is 1. The molecule has 0 aliphatic carbocycles. The highest BCUT2D eigenvalue weighted by Gasteiger charge is 2.25. The van der Waals surface area contributed by atoms with Crippen LogP contribution < -0.4 is 0 Å². The second-order valence-corrected chi connectivity index (χ2v) is 8.05. The number of hydrogen-bond donors (Lipinski definition) is 0. The number of esters is 1. The molecule has 0 bridgehead atoms. The van der Waals surface area contributed by atoms with Gasteiger partial charge in [-0.3, -0.25) is 0 Å². The van der Waals surface area contributed by atoms with E-state index in [0.29, 0.717) is 0 Å². The van der Waals surface area contributed by atoms with Gasteiger partial charge in [-0.1, -0.05) is 23.2 Å². The molecule has 0 heterocycles.